The number of hydrogen-bond donors (Lipinski definition) is 2. The monoisotopic (exact) mass is 363 g/mol. The van der Waals surface area contributed by atoms with Gasteiger partial charge in [0.1, 0.15) is 6.04 Å². The molecule has 0 fully saturated rings. The second-order valence-electron chi connectivity index (χ2n) is 5.55. The first-order valence-electron chi connectivity index (χ1n) is 8.19. The minimum atomic E-state index is -1.17. The molecule has 0 saturated carbocycles. The van der Waals surface area contributed by atoms with E-state index in [4.69, 9.17) is 10.8 Å². The fourth-order valence-corrected chi connectivity index (χ4v) is 2.03. The Morgan fingerprint density at radius 1 is 0.875 bits per heavy atom. The third-order valence-electron chi connectivity index (χ3n) is 3.44. The van der Waals surface area contributed by atoms with Gasteiger partial charge in [-0.1, -0.05) is 51.9 Å². The van der Waals surface area contributed by atoms with Crippen molar-refractivity contribution in [2.75, 3.05) is 0 Å². The van der Waals surface area contributed by atoms with Gasteiger partial charge in [0.05, 0.1) is 0 Å². The number of ether oxygens (including phenoxy) is 1. The van der Waals surface area contributed by atoms with Crippen molar-refractivity contribution in [1.82, 2.24) is 0 Å². The normalized spacial score (nSPS) is 10.9. The van der Waals surface area contributed by atoms with Crippen molar-refractivity contribution in [3.05, 3.63) is 0 Å². The van der Waals surface area contributed by atoms with Gasteiger partial charge in [0.25, 0.3) is 0 Å². The van der Waals surface area contributed by atoms with Gasteiger partial charge in [0.15, 0.2) is 0 Å². The molecule has 0 radical (unpaired) electrons. The third kappa shape index (κ3) is 18.9. The van der Waals surface area contributed by atoms with Gasteiger partial charge in [-0.05, 0) is 12.8 Å². The molecule has 1 atom stereocenters. The first-order valence-corrected chi connectivity index (χ1v) is 8.19. The Hall–Kier alpha value is 0.570. The number of carboxylic acid groups (broad SMARTS) is 1. The second kappa shape index (κ2) is 19.9. The van der Waals surface area contributed by atoms with Crippen LogP contribution < -0.4 is 5.73 Å². The van der Waals surface area contributed by atoms with Crippen molar-refractivity contribution in [2.24, 2.45) is 5.73 Å². The Labute approximate surface area is 189 Å². The predicted molar refractivity (Wildman–Crippen MR) is 97.5 cm³/mol. The van der Waals surface area contributed by atoms with Gasteiger partial charge in [0.2, 0.25) is 0 Å². The summed E-state index contributed by atoms with van der Waals surface area (Å²) in [6.07, 6.45) is 9.01. The average molecular weight is 363 g/mol. The fourth-order valence-electron chi connectivity index (χ4n) is 2.03. The first-order chi connectivity index (χ1) is 10.5. The SMILES string of the molecule is CCCCCCCCCCC(=O)OC(=O)CC[C@H](N)C(=O)O.[NaH].[NaH]. The van der Waals surface area contributed by atoms with Crippen LogP contribution in [0.25, 0.3) is 0 Å². The Bertz CT molecular complexity index is 353. The van der Waals surface area contributed by atoms with Crippen molar-refractivity contribution in [3.63, 3.8) is 0 Å². The zero-order valence-corrected chi connectivity index (χ0v) is 13.5. The van der Waals surface area contributed by atoms with Crippen LogP contribution in [0.2, 0.25) is 0 Å². The number of carbonyl (C=O) groups is 3. The summed E-state index contributed by atoms with van der Waals surface area (Å²) in [7, 11) is 0. The van der Waals surface area contributed by atoms with Gasteiger partial charge >= 0.3 is 77.0 Å². The summed E-state index contributed by atoms with van der Waals surface area (Å²) < 4.78 is 4.61. The van der Waals surface area contributed by atoms with E-state index in [0.29, 0.717) is 6.42 Å². The zero-order valence-electron chi connectivity index (χ0n) is 13.5. The molecule has 0 bridgehead atoms. The van der Waals surface area contributed by atoms with Crippen LogP contribution in [0, 0.1) is 0 Å². The Morgan fingerprint density at radius 3 is 1.83 bits per heavy atom. The molecule has 0 saturated heterocycles. The molecule has 0 aromatic carbocycles. The Balaban J connectivity index is -0.00000220. The number of hydrogen-bond acceptors (Lipinski definition) is 5. The van der Waals surface area contributed by atoms with Crippen molar-refractivity contribution >= 4 is 77.0 Å². The number of unbranched alkanes of at least 4 members (excludes halogenated alkanes) is 7. The standard InChI is InChI=1S/C16H29NO5.2Na.2H/c1-2-3-4-5-6-7-8-9-10-14(18)22-15(19)12-11-13(17)16(20)21;;;;/h13H,2-12,17H2,1H3,(H,20,21);;;;/t13-;;;;/m0..../s1. The summed E-state index contributed by atoms with van der Waals surface area (Å²) in [6.45, 7) is 2.18. The van der Waals surface area contributed by atoms with E-state index in [1.165, 1.54) is 32.1 Å². The van der Waals surface area contributed by atoms with Gasteiger partial charge in [-0.2, -0.15) is 0 Å². The van der Waals surface area contributed by atoms with Gasteiger partial charge in [-0.25, -0.2) is 0 Å². The van der Waals surface area contributed by atoms with Crippen molar-refractivity contribution in [2.45, 2.75) is 83.6 Å². The summed E-state index contributed by atoms with van der Waals surface area (Å²) >= 11 is 0. The third-order valence-corrected chi connectivity index (χ3v) is 3.44. The van der Waals surface area contributed by atoms with Crippen LogP contribution in [0.4, 0.5) is 0 Å². The summed E-state index contributed by atoms with van der Waals surface area (Å²) in [5.74, 6) is -2.42. The summed E-state index contributed by atoms with van der Waals surface area (Å²) in [5, 5.41) is 8.57. The number of carboxylic acids is 1. The van der Waals surface area contributed by atoms with Crippen LogP contribution in [0.1, 0.15) is 77.6 Å². The van der Waals surface area contributed by atoms with Crippen LogP contribution >= 0.6 is 0 Å². The zero-order chi connectivity index (χ0) is 16.8. The van der Waals surface area contributed by atoms with Crippen LogP contribution in [0.3, 0.4) is 0 Å². The van der Waals surface area contributed by atoms with Crippen molar-refractivity contribution in [1.29, 1.82) is 0 Å². The van der Waals surface area contributed by atoms with Gasteiger partial charge in [0, 0.05) is 12.8 Å². The van der Waals surface area contributed by atoms with Gasteiger partial charge in [-0.3, -0.25) is 14.4 Å². The number of carbonyl (C=O) groups excluding carboxylic acids is 2. The molecular formula is C16H31NNa2O5. The molecule has 0 aliphatic heterocycles. The molecule has 0 aromatic rings. The maximum atomic E-state index is 11.4. The molecule has 0 aliphatic carbocycles. The number of rotatable bonds is 13. The molecule has 0 unspecified atom stereocenters. The van der Waals surface area contributed by atoms with E-state index < -0.39 is 23.9 Å². The average Bonchev–Trinajstić information content (AvgIpc) is 2.47. The molecule has 132 valence electrons. The molecule has 0 aromatic heterocycles. The first kappa shape index (κ1) is 29.3. The molecule has 8 heteroatoms. The fraction of sp³-hybridized carbons (Fsp3) is 0.812. The van der Waals surface area contributed by atoms with E-state index in [-0.39, 0.29) is 78.4 Å². The molecule has 0 rings (SSSR count). The quantitative estimate of drug-likeness (QED) is 0.222. The van der Waals surface area contributed by atoms with Crippen molar-refractivity contribution in [3.8, 4) is 0 Å². The second-order valence-corrected chi connectivity index (χ2v) is 5.55. The molecular weight excluding hydrogens is 332 g/mol. The summed E-state index contributed by atoms with van der Waals surface area (Å²) in [4.78, 5) is 33.2. The van der Waals surface area contributed by atoms with Gasteiger partial charge < -0.3 is 15.6 Å². The van der Waals surface area contributed by atoms with E-state index in [0.717, 1.165) is 12.8 Å². The Morgan fingerprint density at radius 2 is 1.33 bits per heavy atom. The number of aliphatic carboxylic acids is 1. The van der Waals surface area contributed by atoms with E-state index >= 15 is 0 Å². The molecule has 3 N–H and O–H groups in total. The van der Waals surface area contributed by atoms with Crippen LogP contribution in [0.15, 0.2) is 0 Å². The Kier molecular flexibility index (Phi) is 24.3. The molecule has 6 nitrogen and oxygen atoms in total. The maximum absolute atomic E-state index is 11.4. The van der Waals surface area contributed by atoms with Crippen molar-refractivity contribution < 1.29 is 24.2 Å². The number of nitrogens with two attached hydrogens (primary N) is 1. The van der Waals surface area contributed by atoms with E-state index in [1.54, 1.807) is 0 Å². The van der Waals surface area contributed by atoms with E-state index in [2.05, 4.69) is 11.7 Å². The summed E-state index contributed by atoms with van der Waals surface area (Å²) in [6, 6.07) is -1.10. The molecule has 24 heavy (non-hydrogen) atoms. The number of esters is 2. The minimum absolute atomic E-state index is 0. The predicted octanol–water partition coefficient (Wildman–Crippen LogP) is 1.48. The molecule has 0 aliphatic rings. The summed E-state index contributed by atoms with van der Waals surface area (Å²) in [5.41, 5.74) is 5.26. The molecule has 0 amide bonds. The van der Waals surface area contributed by atoms with E-state index in [1.807, 2.05) is 0 Å². The molecule has 0 heterocycles. The van der Waals surface area contributed by atoms with E-state index in [9.17, 15) is 14.4 Å². The topological polar surface area (TPSA) is 107 Å². The van der Waals surface area contributed by atoms with Crippen LogP contribution in [-0.4, -0.2) is 88.2 Å². The molecule has 0 spiro atoms. The van der Waals surface area contributed by atoms with Gasteiger partial charge in [-0.15, -0.1) is 0 Å². The van der Waals surface area contributed by atoms with Crippen LogP contribution in [-0.2, 0) is 19.1 Å². The van der Waals surface area contributed by atoms with Crippen LogP contribution in [0.5, 0.6) is 0 Å².